The maximum Gasteiger partial charge on any atom is 0.249 e. The summed E-state index contributed by atoms with van der Waals surface area (Å²) in [6.07, 6.45) is 5.14. The first-order valence-electron chi connectivity index (χ1n) is 9.00. The summed E-state index contributed by atoms with van der Waals surface area (Å²) in [4.78, 5) is 17.4. The molecule has 144 valence electrons. The Bertz CT molecular complexity index is 1230. The van der Waals surface area contributed by atoms with E-state index >= 15 is 0 Å². The molecule has 0 aliphatic heterocycles. The zero-order chi connectivity index (χ0) is 20.4. The highest BCUT2D eigenvalue weighted by atomic mass is 35.5. The fraction of sp³-hybridized carbons (Fsp3) is 0.0435. The summed E-state index contributed by atoms with van der Waals surface area (Å²) in [6, 6.07) is 18.8. The highest BCUT2D eigenvalue weighted by molar-refractivity contribution is 6.42. The Morgan fingerprint density at radius 3 is 2.59 bits per heavy atom. The Labute approximate surface area is 178 Å². The minimum atomic E-state index is -0.251. The Balaban J connectivity index is 1.76. The van der Waals surface area contributed by atoms with Gasteiger partial charge in [0.05, 0.1) is 10.0 Å². The average Bonchev–Trinajstić information content (AvgIpc) is 3.09. The SMILES string of the molecule is Cc1cccn2c(NC(=O)/C=C/c3ccccc3)c(-c3ccc(Cl)c(Cl)c3)nc12. The van der Waals surface area contributed by atoms with Crippen molar-refractivity contribution in [3.05, 3.63) is 94.1 Å². The van der Waals surface area contributed by atoms with Crippen molar-refractivity contribution in [2.24, 2.45) is 0 Å². The largest absolute Gasteiger partial charge is 0.306 e. The van der Waals surface area contributed by atoms with Crippen LogP contribution >= 0.6 is 23.2 Å². The highest BCUT2D eigenvalue weighted by Gasteiger charge is 2.17. The number of benzene rings is 2. The lowest BCUT2D eigenvalue weighted by Gasteiger charge is -2.07. The van der Waals surface area contributed by atoms with Gasteiger partial charge in [0.15, 0.2) is 0 Å². The second-order valence-electron chi connectivity index (χ2n) is 6.56. The van der Waals surface area contributed by atoms with E-state index in [0.29, 0.717) is 21.6 Å². The molecule has 0 bridgehead atoms. The molecule has 4 rings (SSSR count). The summed E-state index contributed by atoms with van der Waals surface area (Å²) in [5, 5.41) is 3.86. The number of fused-ring (bicyclic) bond motifs is 1. The van der Waals surface area contributed by atoms with Crippen LogP contribution in [0.5, 0.6) is 0 Å². The summed E-state index contributed by atoms with van der Waals surface area (Å²) < 4.78 is 1.86. The lowest BCUT2D eigenvalue weighted by molar-refractivity contribution is -0.111. The van der Waals surface area contributed by atoms with Crippen molar-refractivity contribution in [1.29, 1.82) is 0 Å². The van der Waals surface area contributed by atoms with Crippen molar-refractivity contribution in [3.8, 4) is 11.3 Å². The summed E-state index contributed by atoms with van der Waals surface area (Å²) in [5.74, 6) is 0.322. The van der Waals surface area contributed by atoms with Gasteiger partial charge in [-0.05, 0) is 42.3 Å². The van der Waals surface area contributed by atoms with E-state index in [-0.39, 0.29) is 5.91 Å². The van der Waals surface area contributed by atoms with Crippen LogP contribution in [0, 0.1) is 6.92 Å². The minimum absolute atomic E-state index is 0.251. The first-order chi connectivity index (χ1) is 14.0. The summed E-state index contributed by atoms with van der Waals surface area (Å²) in [7, 11) is 0. The predicted octanol–water partition coefficient (Wildman–Crippen LogP) is 6.27. The standard InChI is InChI=1S/C23H17Cl2N3O/c1-15-6-5-13-28-22(15)27-21(17-10-11-18(24)19(25)14-17)23(28)26-20(29)12-9-16-7-3-2-4-8-16/h2-14H,1H3,(H,26,29)/b12-9+. The zero-order valence-corrected chi connectivity index (χ0v) is 17.1. The molecule has 29 heavy (non-hydrogen) atoms. The van der Waals surface area contributed by atoms with Gasteiger partial charge in [0.25, 0.3) is 0 Å². The number of nitrogens with zero attached hydrogens (tertiary/aromatic N) is 2. The summed E-state index contributed by atoms with van der Waals surface area (Å²) in [6.45, 7) is 1.97. The van der Waals surface area contributed by atoms with E-state index in [1.165, 1.54) is 6.08 Å². The fourth-order valence-electron chi connectivity index (χ4n) is 3.06. The van der Waals surface area contributed by atoms with Gasteiger partial charge in [-0.1, -0.05) is 65.7 Å². The monoisotopic (exact) mass is 421 g/mol. The van der Waals surface area contributed by atoms with Crippen LogP contribution in [-0.2, 0) is 4.79 Å². The molecule has 0 saturated heterocycles. The van der Waals surface area contributed by atoms with Crippen LogP contribution in [0.2, 0.25) is 10.0 Å². The molecule has 6 heteroatoms. The molecular formula is C23H17Cl2N3O. The normalized spacial score (nSPS) is 11.3. The van der Waals surface area contributed by atoms with Crippen LogP contribution in [0.3, 0.4) is 0 Å². The maximum atomic E-state index is 12.6. The average molecular weight is 422 g/mol. The third-order valence-electron chi connectivity index (χ3n) is 4.51. The number of hydrogen-bond acceptors (Lipinski definition) is 2. The van der Waals surface area contributed by atoms with Gasteiger partial charge in [-0.25, -0.2) is 4.98 Å². The van der Waals surface area contributed by atoms with Crippen molar-refractivity contribution in [3.63, 3.8) is 0 Å². The molecule has 2 aromatic carbocycles. The Hall–Kier alpha value is -3.08. The van der Waals surface area contributed by atoms with E-state index in [2.05, 4.69) is 5.32 Å². The number of carbonyl (C=O) groups is 1. The van der Waals surface area contributed by atoms with Gasteiger partial charge >= 0.3 is 0 Å². The van der Waals surface area contributed by atoms with Crippen molar-refractivity contribution in [1.82, 2.24) is 9.38 Å². The van der Waals surface area contributed by atoms with E-state index in [9.17, 15) is 4.79 Å². The second kappa shape index (κ2) is 8.11. The van der Waals surface area contributed by atoms with Gasteiger partial charge in [0.2, 0.25) is 5.91 Å². The smallest absolute Gasteiger partial charge is 0.249 e. The number of aromatic nitrogens is 2. The number of amides is 1. The number of halogens is 2. The molecule has 0 atom stereocenters. The lowest BCUT2D eigenvalue weighted by Crippen LogP contribution is -2.10. The van der Waals surface area contributed by atoms with Crippen LogP contribution < -0.4 is 5.32 Å². The molecule has 2 aromatic heterocycles. The van der Waals surface area contributed by atoms with Crippen molar-refractivity contribution < 1.29 is 4.79 Å². The molecule has 0 unspecified atom stereocenters. The quantitative estimate of drug-likeness (QED) is 0.394. The molecule has 0 aliphatic rings. The molecule has 0 radical (unpaired) electrons. The molecule has 0 saturated carbocycles. The van der Waals surface area contributed by atoms with Crippen LogP contribution in [-0.4, -0.2) is 15.3 Å². The van der Waals surface area contributed by atoms with Gasteiger partial charge in [-0.3, -0.25) is 9.20 Å². The molecule has 4 nitrogen and oxygen atoms in total. The molecule has 1 amide bonds. The third kappa shape index (κ3) is 4.04. The van der Waals surface area contributed by atoms with Gasteiger partial charge < -0.3 is 5.32 Å². The van der Waals surface area contributed by atoms with E-state index in [1.807, 2.05) is 66.1 Å². The van der Waals surface area contributed by atoms with Crippen LogP contribution in [0.25, 0.3) is 23.0 Å². The first-order valence-corrected chi connectivity index (χ1v) is 9.76. The minimum Gasteiger partial charge on any atom is -0.306 e. The van der Waals surface area contributed by atoms with Crippen LogP contribution in [0.4, 0.5) is 5.82 Å². The maximum absolute atomic E-state index is 12.6. The van der Waals surface area contributed by atoms with Crippen molar-refractivity contribution in [2.45, 2.75) is 6.92 Å². The third-order valence-corrected chi connectivity index (χ3v) is 5.25. The lowest BCUT2D eigenvalue weighted by atomic mass is 10.1. The van der Waals surface area contributed by atoms with Crippen molar-refractivity contribution >= 4 is 46.7 Å². The molecule has 0 aliphatic carbocycles. The Kier molecular flexibility index (Phi) is 5.38. The van der Waals surface area contributed by atoms with E-state index in [0.717, 1.165) is 22.3 Å². The number of hydrogen-bond donors (Lipinski definition) is 1. The Morgan fingerprint density at radius 1 is 1.03 bits per heavy atom. The first kappa shape index (κ1) is 19.2. The molecule has 1 N–H and O–H groups in total. The molecule has 4 aromatic rings. The number of carbonyl (C=O) groups excluding carboxylic acids is 1. The van der Waals surface area contributed by atoms with E-state index in [1.54, 1.807) is 18.2 Å². The van der Waals surface area contributed by atoms with E-state index < -0.39 is 0 Å². The Morgan fingerprint density at radius 2 is 1.83 bits per heavy atom. The highest BCUT2D eigenvalue weighted by Crippen LogP contribution is 2.33. The number of nitrogens with one attached hydrogen (secondary N) is 1. The number of anilines is 1. The zero-order valence-electron chi connectivity index (χ0n) is 15.6. The number of rotatable bonds is 4. The topological polar surface area (TPSA) is 46.4 Å². The number of pyridine rings is 1. The van der Waals surface area contributed by atoms with Crippen molar-refractivity contribution in [2.75, 3.05) is 5.32 Å². The fourth-order valence-corrected chi connectivity index (χ4v) is 3.36. The predicted molar refractivity (Wildman–Crippen MR) is 119 cm³/mol. The van der Waals surface area contributed by atoms with Crippen LogP contribution in [0.1, 0.15) is 11.1 Å². The number of imidazole rings is 1. The van der Waals surface area contributed by atoms with Gasteiger partial charge in [-0.2, -0.15) is 0 Å². The summed E-state index contributed by atoms with van der Waals surface area (Å²) in [5.41, 5.74) is 4.09. The molecule has 0 fully saturated rings. The second-order valence-corrected chi connectivity index (χ2v) is 7.37. The summed E-state index contributed by atoms with van der Waals surface area (Å²) >= 11 is 12.3. The van der Waals surface area contributed by atoms with Gasteiger partial charge in [0, 0.05) is 17.8 Å². The van der Waals surface area contributed by atoms with Crippen LogP contribution in [0.15, 0.2) is 72.9 Å². The number of aryl methyl sites for hydroxylation is 1. The molecular weight excluding hydrogens is 405 g/mol. The van der Waals surface area contributed by atoms with E-state index in [4.69, 9.17) is 28.2 Å². The van der Waals surface area contributed by atoms with Gasteiger partial charge in [-0.15, -0.1) is 0 Å². The van der Waals surface area contributed by atoms with Gasteiger partial charge in [0.1, 0.15) is 17.2 Å². The molecule has 2 heterocycles. The molecule has 0 spiro atoms.